The molecule has 7 heteroatoms. The molecule has 0 heterocycles. The van der Waals surface area contributed by atoms with Crippen LogP contribution < -0.4 is 12.4 Å². The van der Waals surface area contributed by atoms with Gasteiger partial charge in [0.2, 0.25) is 5.39 Å². The van der Waals surface area contributed by atoms with E-state index in [0.717, 1.165) is 6.07 Å². The van der Waals surface area contributed by atoms with Crippen LogP contribution in [0.25, 0.3) is 4.98 Å². The molecule has 0 atom stereocenters. The number of hydrogen-bond donors (Lipinski definition) is 1. The summed E-state index contributed by atoms with van der Waals surface area (Å²) in [6, 6.07) is 5.01. The predicted octanol–water partition coefficient (Wildman–Crippen LogP) is -1.58. The highest BCUT2D eigenvalue weighted by Crippen LogP contribution is 2.16. The number of benzene rings is 1. The van der Waals surface area contributed by atoms with Gasteiger partial charge in [-0.1, -0.05) is 6.07 Å². The molecule has 0 aromatic heterocycles. The molecule has 0 spiro atoms. The highest BCUT2D eigenvalue weighted by atomic mass is 35.5. The van der Waals surface area contributed by atoms with E-state index >= 15 is 0 Å². The maximum absolute atomic E-state index is 10.5. The van der Waals surface area contributed by atoms with Crippen molar-refractivity contribution in [2.45, 2.75) is 4.90 Å². The van der Waals surface area contributed by atoms with Gasteiger partial charge in [-0.3, -0.25) is 4.55 Å². The van der Waals surface area contributed by atoms with Crippen LogP contribution in [0.1, 0.15) is 0 Å². The Labute approximate surface area is 81.2 Å². The minimum absolute atomic E-state index is 0. The lowest BCUT2D eigenvalue weighted by molar-refractivity contribution is -0.00000681. The van der Waals surface area contributed by atoms with Crippen LogP contribution >= 0.6 is 0 Å². The minimum Gasteiger partial charge on any atom is -1.00 e. The molecule has 1 aromatic rings. The van der Waals surface area contributed by atoms with Crippen LogP contribution in [0.15, 0.2) is 29.2 Å². The van der Waals surface area contributed by atoms with Crippen molar-refractivity contribution >= 4 is 15.8 Å². The Hall–Kier alpha value is -1.16. The minimum atomic E-state index is -4.21. The van der Waals surface area contributed by atoms with Gasteiger partial charge in [-0.15, -0.1) is 0 Å². The lowest BCUT2D eigenvalue weighted by Gasteiger charge is -1.91. The van der Waals surface area contributed by atoms with Gasteiger partial charge in [-0.2, -0.15) is 8.42 Å². The first kappa shape index (κ1) is 11.8. The number of diazo groups is 1. The summed E-state index contributed by atoms with van der Waals surface area (Å²) in [5, 5.41) is 8.28. The number of hydrogen-bond acceptors (Lipinski definition) is 3. The van der Waals surface area contributed by atoms with Crippen molar-refractivity contribution in [2.75, 3.05) is 0 Å². The highest BCUT2D eigenvalue weighted by Gasteiger charge is 2.13. The average Bonchev–Trinajstić information content (AvgIpc) is 2.03. The van der Waals surface area contributed by atoms with Gasteiger partial charge in [-0.25, -0.2) is 0 Å². The normalized spacial score (nSPS) is 9.85. The molecule has 70 valence electrons. The van der Waals surface area contributed by atoms with Crippen molar-refractivity contribution < 1.29 is 25.4 Å². The van der Waals surface area contributed by atoms with Crippen LogP contribution in [-0.2, 0) is 10.1 Å². The van der Waals surface area contributed by atoms with Gasteiger partial charge in [0.05, 0.1) is 6.07 Å². The third-order valence-corrected chi connectivity index (χ3v) is 2.08. The van der Waals surface area contributed by atoms with Gasteiger partial charge < -0.3 is 12.4 Å². The number of rotatable bonds is 1. The molecule has 0 unspecified atom stereocenters. The van der Waals surface area contributed by atoms with Gasteiger partial charge in [0.25, 0.3) is 10.1 Å². The first-order valence-corrected chi connectivity index (χ1v) is 4.41. The lowest BCUT2D eigenvalue weighted by atomic mass is 10.3. The largest absolute Gasteiger partial charge is 1.00 e. The Bertz CT molecular complexity index is 437. The van der Waals surface area contributed by atoms with Crippen molar-refractivity contribution in [3.8, 4) is 0 Å². The van der Waals surface area contributed by atoms with Crippen molar-refractivity contribution in [3.05, 3.63) is 29.2 Å². The maximum atomic E-state index is 10.5. The molecule has 0 aliphatic heterocycles. The second kappa shape index (κ2) is 4.18. The summed E-state index contributed by atoms with van der Waals surface area (Å²) < 4.78 is 29.6. The van der Waals surface area contributed by atoms with E-state index in [1.54, 1.807) is 0 Å². The summed E-state index contributed by atoms with van der Waals surface area (Å²) in [4.78, 5) is 2.48. The SMILES string of the molecule is N#[N+]c1cccc(S(=O)(=O)O)c1.[Cl-]. The zero-order valence-electron chi connectivity index (χ0n) is 6.25. The lowest BCUT2D eigenvalue weighted by Crippen LogP contribution is -3.00. The molecule has 0 amide bonds. The summed E-state index contributed by atoms with van der Waals surface area (Å²) in [6.07, 6.45) is 0. The molecular formula is C6H5ClN2O3S. The number of halogens is 1. The Morgan fingerprint density at radius 1 is 1.38 bits per heavy atom. The van der Waals surface area contributed by atoms with E-state index in [0.29, 0.717) is 0 Å². The molecular weight excluding hydrogens is 216 g/mol. The van der Waals surface area contributed by atoms with Crippen molar-refractivity contribution in [2.24, 2.45) is 0 Å². The molecule has 0 radical (unpaired) electrons. The molecule has 0 aliphatic rings. The zero-order valence-corrected chi connectivity index (χ0v) is 7.83. The van der Waals surface area contributed by atoms with Crippen molar-refractivity contribution in [1.29, 1.82) is 5.39 Å². The first-order chi connectivity index (χ1) is 5.54. The molecule has 0 fully saturated rings. The highest BCUT2D eigenvalue weighted by molar-refractivity contribution is 7.85. The maximum Gasteiger partial charge on any atom is 0.386 e. The fourth-order valence-electron chi connectivity index (χ4n) is 0.706. The van der Waals surface area contributed by atoms with Crippen LogP contribution in [0.4, 0.5) is 5.69 Å². The molecule has 0 aliphatic carbocycles. The van der Waals surface area contributed by atoms with E-state index in [1.165, 1.54) is 18.2 Å². The first-order valence-electron chi connectivity index (χ1n) is 2.97. The smallest absolute Gasteiger partial charge is 0.386 e. The fraction of sp³-hybridized carbons (Fsp3) is 0. The predicted molar refractivity (Wildman–Crippen MR) is 41.0 cm³/mol. The summed E-state index contributed by atoms with van der Waals surface area (Å²) in [7, 11) is -4.21. The van der Waals surface area contributed by atoms with Crippen LogP contribution in [0.3, 0.4) is 0 Å². The van der Waals surface area contributed by atoms with Gasteiger partial charge in [-0.05, 0) is 6.07 Å². The summed E-state index contributed by atoms with van der Waals surface area (Å²) in [5.41, 5.74) is 0.0742. The third kappa shape index (κ3) is 2.99. The molecule has 1 N–H and O–H groups in total. The van der Waals surface area contributed by atoms with Crippen molar-refractivity contribution in [1.82, 2.24) is 0 Å². The molecule has 0 saturated heterocycles. The van der Waals surface area contributed by atoms with Crippen LogP contribution in [-0.4, -0.2) is 13.0 Å². The van der Waals surface area contributed by atoms with Gasteiger partial charge in [0, 0.05) is 6.07 Å². The molecule has 13 heavy (non-hydrogen) atoms. The third-order valence-electron chi connectivity index (χ3n) is 1.23. The molecule has 0 bridgehead atoms. The zero-order chi connectivity index (χ0) is 9.19. The monoisotopic (exact) mass is 220 g/mol. The quantitative estimate of drug-likeness (QED) is 0.458. The van der Waals surface area contributed by atoms with Gasteiger partial charge >= 0.3 is 5.69 Å². The standard InChI is InChI=1S/C6H4N2O3S.ClH/c7-8-5-2-1-3-6(4-5)12(9,10)11;/h1-4H;1H. The Morgan fingerprint density at radius 3 is 2.46 bits per heavy atom. The van der Waals surface area contributed by atoms with Crippen LogP contribution in [0, 0.1) is 5.39 Å². The molecule has 0 saturated carbocycles. The van der Waals surface area contributed by atoms with Gasteiger partial charge in [0.1, 0.15) is 4.90 Å². The Morgan fingerprint density at radius 2 is 2.00 bits per heavy atom. The summed E-state index contributed by atoms with van der Waals surface area (Å²) in [6.45, 7) is 0. The molecule has 1 aromatic carbocycles. The molecule has 5 nitrogen and oxygen atoms in total. The van der Waals surface area contributed by atoms with E-state index in [1.807, 2.05) is 0 Å². The number of nitrogens with zero attached hydrogens (tertiary/aromatic N) is 2. The summed E-state index contributed by atoms with van der Waals surface area (Å²) in [5.74, 6) is 0. The van der Waals surface area contributed by atoms with E-state index in [9.17, 15) is 8.42 Å². The average molecular weight is 221 g/mol. The van der Waals surface area contributed by atoms with E-state index in [-0.39, 0.29) is 23.0 Å². The Kier molecular flexibility index (Phi) is 3.81. The van der Waals surface area contributed by atoms with E-state index in [2.05, 4.69) is 4.98 Å². The molecule has 1 rings (SSSR count). The van der Waals surface area contributed by atoms with Crippen LogP contribution in [0.5, 0.6) is 0 Å². The fourth-order valence-corrected chi connectivity index (χ4v) is 1.23. The van der Waals surface area contributed by atoms with Crippen molar-refractivity contribution in [3.63, 3.8) is 0 Å². The van der Waals surface area contributed by atoms with E-state index in [4.69, 9.17) is 9.95 Å². The second-order valence-corrected chi connectivity index (χ2v) is 3.49. The van der Waals surface area contributed by atoms with Gasteiger partial charge in [0.15, 0.2) is 4.98 Å². The topological polar surface area (TPSA) is 82.5 Å². The second-order valence-electron chi connectivity index (χ2n) is 2.07. The Balaban J connectivity index is 0.00000144. The summed E-state index contributed by atoms with van der Waals surface area (Å²) >= 11 is 0. The van der Waals surface area contributed by atoms with Crippen LogP contribution in [0.2, 0.25) is 0 Å². The van der Waals surface area contributed by atoms with E-state index < -0.39 is 10.1 Å².